The van der Waals surface area contributed by atoms with Gasteiger partial charge in [0.05, 0.1) is 32.6 Å². The van der Waals surface area contributed by atoms with Gasteiger partial charge in [-0.05, 0) is 49.1 Å². The van der Waals surface area contributed by atoms with Crippen LogP contribution in [-0.4, -0.2) is 39.2 Å². The van der Waals surface area contributed by atoms with Crippen LogP contribution in [0.2, 0.25) is 0 Å². The Hall–Kier alpha value is -3.22. The minimum atomic E-state index is -0.176. The third kappa shape index (κ3) is 5.19. The Morgan fingerprint density at radius 2 is 1.66 bits per heavy atom. The molecule has 0 atom stereocenters. The number of hydrogen-bond acceptors (Lipinski definition) is 5. The third-order valence-corrected chi connectivity index (χ3v) is 4.72. The molecular formula is C22H26N2O5. The van der Waals surface area contributed by atoms with E-state index in [0.29, 0.717) is 34.9 Å². The van der Waals surface area contributed by atoms with Crippen molar-refractivity contribution in [2.75, 3.05) is 26.6 Å². The van der Waals surface area contributed by atoms with Gasteiger partial charge in [0, 0.05) is 12.5 Å². The van der Waals surface area contributed by atoms with E-state index in [0.717, 1.165) is 18.4 Å². The lowest BCUT2D eigenvalue weighted by Gasteiger charge is -2.14. The van der Waals surface area contributed by atoms with E-state index >= 15 is 0 Å². The predicted molar refractivity (Wildman–Crippen MR) is 110 cm³/mol. The van der Waals surface area contributed by atoms with Gasteiger partial charge in [0.25, 0.3) is 5.91 Å². The second-order valence-electron chi connectivity index (χ2n) is 6.88. The largest absolute Gasteiger partial charge is 0.493 e. The molecule has 0 radical (unpaired) electrons. The van der Waals surface area contributed by atoms with Crippen molar-refractivity contribution in [3.63, 3.8) is 0 Å². The van der Waals surface area contributed by atoms with Crippen LogP contribution in [0.25, 0.3) is 0 Å². The van der Waals surface area contributed by atoms with Crippen molar-refractivity contribution in [1.82, 2.24) is 5.32 Å². The minimum Gasteiger partial charge on any atom is -0.493 e. The minimum absolute atomic E-state index is 0.159. The number of anilines is 1. The fourth-order valence-corrected chi connectivity index (χ4v) is 3.03. The highest BCUT2D eigenvalue weighted by molar-refractivity contribution is 6.03. The third-order valence-electron chi connectivity index (χ3n) is 4.72. The highest BCUT2D eigenvalue weighted by atomic mass is 16.5. The molecule has 0 bridgehead atoms. The zero-order chi connectivity index (χ0) is 20.8. The second-order valence-corrected chi connectivity index (χ2v) is 6.88. The maximum absolute atomic E-state index is 12.5. The summed E-state index contributed by atoms with van der Waals surface area (Å²) in [5.74, 6) is 1.27. The van der Waals surface area contributed by atoms with Crippen LogP contribution < -0.4 is 24.8 Å². The van der Waals surface area contributed by atoms with Crippen molar-refractivity contribution in [3.05, 3.63) is 47.5 Å². The van der Waals surface area contributed by atoms with Gasteiger partial charge in [0.1, 0.15) is 0 Å². The van der Waals surface area contributed by atoms with Gasteiger partial charge in [-0.1, -0.05) is 12.1 Å². The number of ether oxygens (including phenoxy) is 3. The molecule has 2 amide bonds. The van der Waals surface area contributed by atoms with E-state index in [-0.39, 0.29) is 24.3 Å². The van der Waals surface area contributed by atoms with Crippen LogP contribution >= 0.6 is 0 Å². The van der Waals surface area contributed by atoms with Crippen LogP contribution in [-0.2, 0) is 11.2 Å². The molecule has 0 spiro atoms. The number of nitrogens with one attached hydrogen (secondary N) is 2. The fourth-order valence-electron chi connectivity index (χ4n) is 3.03. The first-order valence-corrected chi connectivity index (χ1v) is 9.54. The number of carbonyl (C=O) groups is 2. The summed E-state index contributed by atoms with van der Waals surface area (Å²) < 4.78 is 16.0. The van der Waals surface area contributed by atoms with Crippen LogP contribution in [0.4, 0.5) is 5.69 Å². The van der Waals surface area contributed by atoms with Gasteiger partial charge >= 0.3 is 0 Å². The summed E-state index contributed by atoms with van der Waals surface area (Å²) in [6.45, 7) is 0. The lowest BCUT2D eigenvalue weighted by Crippen LogP contribution is -2.27. The standard InChI is InChI=1S/C22H26N2O5/c1-27-18-12-14(13-19(28-2)21(18)29-3)8-11-20(25)24-17-7-5-4-6-16(17)22(26)23-15-9-10-15/h4-7,12-13,15H,8-11H2,1-3H3,(H,23,26)(H,24,25). The molecule has 1 aliphatic carbocycles. The van der Waals surface area contributed by atoms with Gasteiger partial charge < -0.3 is 24.8 Å². The van der Waals surface area contributed by atoms with Crippen LogP contribution in [0.5, 0.6) is 17.2 Å². The Morgan fingerprint density at radius 3 is 2.24 bits per heavy atom. The molecule has 7 nitrogen and oxygen atoms in total. The van der Waals surface area contributed by atoms with Crippen LogP contribution in [0.3, 0.4) is 0 Å². The molecule has 0 aliphatic heterocycles. The van der Waals surface area contributed by atoms with E-state index in [9.17, 15) is 9.59 Å². The summed E-state index contributed by atoms with van der Waals surface area (Å²) in [6.07, 6.45) is 2.75. The number of aryl methyl sites for hydroxylation is 1. The molecule has 0 aromatic heterocycles. The lowest BCUT2D eigenvalue weighted by atomic mass is 10.1. The highest BCUT2D eigenvalue weighted by Crippen LogP contribution is 2.38. The van der Waals surface area contributed by atoms with Gasteiger partial charge in [-0.2, -0.15) is 0 Å². The molecule has 154 valence electrons. The summed E-state index contributed by atoms with van der Waals surface area (Å²) in [5, 5.41) is 5.80. The van der Waals surface area contributed by atoms with Gasteiger partial charge in [-0.25, -0.2) is 0 Å². The molecule has 0 unspecified atom stereocenters. The number of carbonyl (C=O) groups excluding carboxylic acids is 2. The Bertz CT molecular complexity index is 868. The van der Waals surface area contributed by atoms with E-state index in [4.69, 9.17) is 14.2 Å². The summed E-state index contributed by atoms with van der Waals surface area (Å²) in [6, 6.07) is 10.9. The molecular weight excluding hydrogens is 372 g/mol. The Labute approximate surface area is 170 Å². The van der Waals surface area contributed by atoms with E-state index in [2.05, 4.69) is 10.6 Å². The Balaban J connectivity index is 1.65. The van der Waals surface area contributed by atoms with Crippen LogP contribution in [0, 0.1) is 0 Å². The average Bonchev–Trinajstić information content (AvgIpc) is 3.55. The quantitative estimate of drug-likeness (QED) is 0.678. The molecule has 29 heavy (non-hydrogen) atoms. The molecule has 3 rings (SSSR count). The molecule has 1 saturated carbocycles. The first-order valence-electron chi connectivity index (χ1n) is 9.54. The average molecular weight is 398 g/mol. The SMILES string of the molecule is COc1cc(CCC(=O)Nc2ccccc2C(=O)NC2CC2)cc(OC)c1OC. The zero-order valence-electron chi connectivity index (χ0n) is 16.9. The summed E-state index contributed by atoms with van der Waals surface area (Å²) in [7, 11) is 4.65. The maximum Gasteiger partial charge on any atom is 0.253 e. The summed E-state index contributed by atoms with van der Waals surface area (Å²) >= 11 is 0. The smallest absolute Gasteiger partial charge is 0.253 e. The first-order chi connectivity index (χ1) is 14.0. The number of methoxy groups -OCH3 is 3. The van der Waals surface area contributed by atoms with Crippen molar-refractivity contribution in [3.8, 4) is 17.2 Å². The van der Waals surface area contributed by atoms with E-state index in [1.165, 1.54) is 0 Å². The number of rotatable bonds is 9. The lowest BCUT2D eigenvalue weighted by molar-refractivity contribution is -0.116. The van der Waals surface area contributed by atoms with E-state index in [1.807, 2.05) is 12.1 Å². The molecule has 0 heterocycles. The predicted octanol–water partition coefficient (Wildman–Crippen LogP) is 3.18. The van der Waals surface area contributed by atoms with Crippen molar-refractivity contribution in [1.29, 1.82) is 0 Å². The topological polar surface area (TPSA) is 85.9 Å². The molecule has 1 fully saturated rings. The van der Waals surface area contributed by atoms with Gasteiger partial charge in [-0.15, -0.1) is 0 Å². The number of para-hydroxylation sites is 1. The number of benzene rings is 2. The highest BCUT2D eigenvalue weighted by Gasteiger charge is 2.25. The number of hydrogen-bond donors (Lipinski definition) is 2. The maximum atomic E-state index is 12.5. The van der Waals surface area contributed by atoms with E-state index in [1.54, 1.807) is 45.6 Å². The normalized spacial score (nSPS) is 12.8. The van der Waals surface area contributed by atoms with Gasteiger partial charge in [0.15, 0.2) is 11.5 Å². The molecule has 2 N–H and O–H groups in total. The van der Waals surface area contributed by atoms with Gasteiger partial charge in [0.2, 0.25) is 11.7 Å². The van der Waals surface area contributed by atoms with Crippen molar-refractivity contribution < 1.29 is 23.8 Å². The molecule has 2 aromatic carbocycles. The molecule has 1 aliphatic rings. The van der Waals surface area contributed by atoms with Crippen LogP contribution in [0.1, 0.15) is 35.2 Å². The molecule has 0 saturated heterocycles. The second kappa shape index (κ2) is 9.32. The van der Waals surface area contributed by atoms with E-state index < -0.39 is 0 Å². The van der Waals surface area contributed by atoms with Crippen molar-refractivity contribution >= 4 is 17.5 Å². The monoisotopic (exact) mass is 398 g/mol. The first kappa shape index (κ1) is 20.5. The van der Waals surface area contributed by atoms with Gasteiger partial charge in [-0.3, -0.25) is 9.59 Å². The van der Waals surface area contributed by atoms with Crippen LogP contribution in [0.15, 0.2) is 36.4 Å². The summed E-state index contributed by atoms with van der Waals surface area (Å²) in [4.78, 5) is 24.9. The fraction of sp³-hybridized carbons (Fsp3) is 0.364. The Morgan fingerprint density at radius 1 is 1.00 bits per heavy atom. The Kier molecular flexibility index (Phi) is 6.59. The zero-order valence-corrected chi connectivity index (χ0v) is 16.9. The van der Waals surface area contributed by atoms with Crippen molar-refractivity contribution in [2.45, 2.75) is 31.7 Å². The number of amides is 2. The summed E-state index contributed by atoms with van der Waals surface area (Å²) in [5.41, 5.74) is 1.87. The van der Waals surface area contributed by atoms with Crippen molar-refractivity contribution in [2.24, 2.45) is 0 Å². The molecule has 7 heteroatoms. The molecule has 2 aromatic rings.